The van der Waals surface area contributed by atoms with Crippen LogP contribution >= 0.6 is 38.9 Å². The maximum Gasteiger partial charge on any atom is 0.191 e. The summed E-state index contributed by atoms with van der Waals surface area (Å²) >= 11 is 10.3. The fraction of sp³-hybridized carbons (Fsp3) is 0.286. The Morgan fingerprint density at radius 3 is 2.82 bits per heavy atom. The Morgan fingerprint density at radius 1 is 1.82 bits per heavy atom. The minimum Gasteiger partial charge on any atom is -0.292 e. The predicted octanol–water partition coefficient (Wildman–Crippen LogP) is 3.32. The van der Waals surface area contributed by atoms with Gasteiger partial charge in [-0.15, -0.1) is 22.9 Å². The van der Waals surface area contributed by atoms with Crippen molar-refractivity contribution >= 4 is 44.7 Å². The lowest BCUT2D eigenvalue weighted by Crippen LogP contribution is -2.08. The summed E-state index contributed by atoms with van der Waals surface area (Å²) in [7, 11) is 0. The Balaban J connectivity index is 2.93. The van der Waals surface area contributed by atoms with Crippen LogP contribution in [0.15, 0.2) is 15.9 Å². The zero-order valence-electron chi connectivity index (χ0n) is 5.80. The zero-order chi connectivity index (χ0) is 8.43. The minimum atomic E-state index is -0.440. The molecule has 0 saturated carbocycles. The van der Waals surface area contributed by atoms with Crippen LogP contribution in [0.1, 0.15) is 16.6 Å². The molecule has 0 aliphatic rings. The van der Waals surface area contributed by atoms with Crippen molar-refractivity contribution in [1.82, 2.24) is 0 Å². The lowest BCUT2D eigenvalue weighted by molar-refractivity contribution is 0.0995. The highest BCUT2D eigenvalue weighted by atomic mass is 79.9. The monoisotopic (exact) mass is 252 g/mol. The molecule has 0 radical (unpaired) electrons. The standard InChI is InChI=1S/C7H6BrClOS/c1-4(9)6(10)7-5(8)2-3-11-7/h2-4H,1H3. The van der Waals surface area contributed by atoms with Crippen molar-refractivity contribution in [1.29, 1.82) is 0 Å². The topological polar surface area (TPSA) is 17.1 Å². The van der Waals surface area contributed by atoms with Gasteiger partial charge in [-0.2, -0.15) is 0 Å². The van der Waals surface area contributed by atoms with Crippen molar-refractivity contribution in [3.8, 4) is 0 Å². The zero-order valence-corrected chi connectivity index (χ0v) is 8.96. The maximum absolute atomic E-state index is 11.3. The quantitative estimate of drug-likeness (QED) is 0.584. The van der Waals surface area contributed by atoms with Gasteiger partial charge in [0, 0.05) is 4.47 Å². The molecular weight excluding hydrogens is 247 g/mol. The number of Topliss-reactive ketones (excluding diaryl/α,β-unsaturated/α-hetero) is 1. The van der Waals surface area contributed by atoms with Crippen molar-refractivity contribution in [2.75, 3.05) is 0 Å². The second-order valence-corrected chi connectivity index (χ2v) is 4.50. The van der Waals surface area contributed by atoms with E-state index in [2.05, 4.69) is 15.9 Å². The molecule has 1 unspecified atom stereocenters. The molecule has 0 fully saturated rings. The van der Waals surface area contributed by atoms with Crippen LogP contribution in [0.2, 0.25) is 0 Å². The summed E-state index contributed by atoms with van der Waals surface area (Å²) in [5.41, 5.74) is 0. The van der Waals surface area contributed by atoms with E-state index in [9.17, 15) is 4.79 Å². The van der Waals surface area contributed by atoms with Gasteiger partial charge in [0.1, 0.15) is 0 Å². The molecule has 0 aliphatic heterocycles. The molecule has 0 aromatic carbocycles. The molecule has 1 aromatic rings. The number of hydrogen-bond acceptors (Lipinski definition) is 2. The van der Waals surface area contributed by atoms with Gasteiger partial charge in [-0.1, -0.05) is 0 Å². The van der Waals surface area contributed by atoms with E-state index < -0.39 is 5.38 Å². The predicted molar refractivity (Wildman–Crippen MR) is 51.7 cm³/mol. The molecule has 1 atom stereocenters. The molecule has 0 aliphatic carbocycles. The first-order valence-electron chi connectivity index (χ1n) is 3.04. The highest BCUT2D eigenvalue weighted by molar-refractivity contribution is 9.10. The summed E-state index contributed by atoms with van der Waals surface area (Å²) in [4.78, 5) is 12.0. The maximum atomic E-state index is 11.3. The van der Waals surface area contributed by atoms with Gasteiger partial charge in [-0.05, 0) is 34.3 Å². The van der Waals surface area contributed by atoms with Gasteiger partial charge in [-0.3, -0.25) is 4.79 Å². The molecular formula is C7H6BrClOS. The Labute approximate surface area is 82.5 Å². The van der Waals surface area contributed by atoms with Crippen molar-refractivity contribution in [2.24, 2.45) is 0 Å². The lowest BCUT2D eigenvalue weighted by atomic mass is 10.2. The van der Waals surface area contributed by atoms with Crippen molar-refractivity contribution in [3.63, 3.8) is 0 Å². The average Bonchev–Trinajstić information content (AvgIpc) is 2.33. The molecule has 4 heteroatoms. The van der Waals surface area contributed by atoms with E-state index in [0.29, 0.717) is 4.88 Å². The van der Waals surface area contributed by atoms with Crippen LogP contribution in [-0.2, 0) is 0 Å². The van der Waals surface area contributed by atoms with Gasteiger partial charge in [-0.25, -0.2) is 0 Å². The Hall–Kier alpha value is 0.140. The number of rotatable bonds is 2. The molecule has 1 heterocycles. The van der Waals surface area contributed by atoms with Crippen LogP contribution in [0, 0.1) is 0 Å². The Kier molecular flexibility index (Phi) is 3.10. The fourth-order valence-corrected chi connectivity index (χ4v) is 2.42. The van der Waals surface area contributed by atoms with E-state index in [1.165, 1.54) is 11.3 Å². The van der Waals surface area contributed by atoms with Crippen molar-refractivity contribution in [3.05, 3.63) is 20.8 Å². The summed E-state index contributed by atoms with van der Waals surface area (Å²) < 4.78 is 0.833. The van der Waals surface area contributed by atoms with Crippen LogP contribution < -0.4 is 0 Å². The average molecular weight is 254 g/mol. The summed E-state index contributed by atoms with van der Waals surface area (Å²) in [6.07, 6.45) is 0. The SMILES string of the molecule is CC(Cl)C(=O)c1sccc1Br. The number of halogens is 2. The summed E-state index contributed by atoms with van der Waals surface area (Å²) in [5, 5.41) is 1.42. The van der Waals surface area contributed by atoms with Gasteiger partial charge in [0.15, 0.2) is 5.78 Å². The molecule has 1 aromatic heterocycles. The largest absolute Gasteiger partial charge is 0.292 e. The third kappa shape index (κ3) is 2.04. The molecule has 0 spiro atoms. The molecule has 60 valence electrons. The van der Waals surface area contributed by atoms with E-state index in [-0.39, 0.29) is 5.78 Å². The molecule has 1 nitrogen and oxygen atoms in total. The van der Waals surface area contributed by atoms with Gasteiger partial charge in [0.2, 0.25) is 0 Å². The second kappa shape index (κ2) is 3.70. The van der Waals surface area contributed by atoms with Crippen LogP contribution in [-0.4, -0.2) is 11.2 Å². The van der Waals surface area contributed by atoms with E-state index in [1.807, 2.05) is 11.4 Å². The molecule has 1 rings (SSSR count). The van der Waals surface area contributed by atoms with E-state index in [1.54, 1.807) is 6.92 Å². The smallest absolute Gasteiger partial charge is 0.191 e. The van der Waals surface area contributed by atoms with E-state index in [0.717, 1.165) is 4.47 Å². The van der Waals surface area contributed by atoms with Crippen molar-refractivity contribution < 1.29 is 4.79 Å². The summed E-state index contributed by atoms with van der Waals surface area (Å²) in [6.45, 7) is 1.68. The van der Waals surface area contributed by atoms with Crippen molar-refractivity contribution in [2.45, 2.75) is 12.3 Å². The Bertz CT molecular complexity index is 269. The summed E-state index contributed by atoms with van der Waals surface area (Å²) in [5.74, 6) is -0.0199. The van der Waals surface area contributed by atoms with Crippen LogP contribution in [0.5, 0.6) is 0 Å². The third-order valence-corrected chi connectivity index (χ3v) is 3.25. The number of hydrogen-bond donors (Lipinski definition) is 0. The van der Waals surface area contributed by atoms with Crippen LogP contribution in [0.4, 0.5) is 0 Å². The first kappa shape index (κ1) is 9.23. The van der Waals surface area contributed by atoms with Crippen LogP contribution in [0.3, 0.4) is 0 Å². The number of alkyl halides is 1. The third-order valence-electron chi connectivity index (χ3n) is 1.20. The number of carbonyl (C=O) groups is 1. The van der Waals surface area contributed by atoms with E-state index >= 15 is 0 Å². The van der Waals surface area contributed by atoms with Crippen LogP contribution in [0.25, 0.3) is 0 Å². The number of ketones is 1. The molecule has 0 N–H and O–H groups in total. The van der Waals surface area contributed by atoms with Gasteiger partial charge in [0.05, 0.1) is 10.3 Å². The highest BCUT2D eigenvalue weighted by Gasteiger charge is 2.15. The fourth-order valence-electron chi connectivity index (χ4n) is 0.650. The van der Waals surface area contributed by atoms with Gasteiger partial charge >= 0.3 is 0 Å². The second-order valence-electron chi connectivity index (χ2n) is 2.08. The highest BCUT2D eigenvalue weighted by Crippen LogP contribution is 2.24. The molecule has 11 heavy (non-hydrogen) atoms. The molecule has 0 saturated heterocycles. The van der Waals surface area contributed by atoms with Gasteiger partial charge < -0.3 is 0 Å². The molecule has 0 amide bonds. The van der Waals surface area contributed by atoms with E-state index in [4.69, 9.17) is 11.6 Å². The summed E-state index contributed by atoms with van der Waals surface area (Å²) in [6, 6.07) is 1.84. The lowest BCUT2D eigenvalue weighted by Gasteiger charge is -1.98. The Morgan fingerprint density at radius 2 is 2.45 bits per heavy atom. The first-order chi connectivity index (χ1) is 5.13. The first-order valence-corrected chi connectivity index (χ1v) is 5.15. The number of carbonyl (C=O) groups excluding carboxylic acids is 1. The molecule has 0 bridgehead atoms. The minimum absolute atomic E-state index is 0.0199. The number of thiophene rings is 1. The normalized spacial score (nSPS) is 13.0. The van der Waals surface area contributed by atoms with Gasteiger partial charge in [0.25, 0.3) is 0 Å².